The van der Waals surface area contributed by atoms with Crippen LogP contribution < -0.4 is 5.32 Å². The average Bonchev–Trinajstić information content (AvgIpc) is 3.59. The highest BCUT2D eigenvalue weighted by Crippen LogP contribution is 2.32. The summed E-state index contributed by atoms with van der Waals surface area (Å²) in [5.41, 5.74) is 2.10. The molecule has 0 bridgehead atoms. The van der Waals surface area contributed by atoms with Crippen LogP contribution in [0.15, 0.2) is 81.9 Å². The molecule has 0 radical (unpaired) electrons. The molecule has 5 aromatic rings. The Balaban J connectivity index is 1.32. The van der Waals surface area contributed by atoms with Gasteiger partial charge < -0.3 is 9.73 Å². The average molecular weight is 512 g/mol. The first-order chi connectivity index (χ1) is 16.6. The fourth-order valence-electron chi connectivity index (χ4n) is 3.15. The van der Waals surface area contributed by atoms with Crippen LogP contribution in [-0.2, 0) is 4.79 Å². The Kier molecular flexibility index (Phi) is 6.43. The van der Waals surface area contributed by atoms with E-state index in [2.05, 4.69) is 20.5 Å². The first-order valence-electron chi connectivity index (χ1n) is 9.97. The Morgan fingerprint density at radius 1 is 1.12 bits per heavy atom. The summed E-state index contributed by atoms with van der Waals surface area (Å²) >= 11 is 8.94. The number of benzene rings is 2. The van der Waals surface area contributed by atoms with E-state index in [9.17, 15) is 9.18 Å². The van der Waals surface area contributed by atoms with E-state index in [4.69, 9.17) is 16.0 Å². The second kappa shape index (κ2) is 9.80. The van der Waals surface area contributed by atoms with Crippen LogP contribution >= 0.6 is 34.7 Å². The zero-order chi connectivity index (χ0) is 23.5. The summed E-state index contributed by atoms with van der Waals surface area (Å²) in [6, 6.07) is 16.9. The summed E-state index contributed by atoms with van der Waals surface area (Å²) < 4.78 is 20.4. The van der Waals surface area contributed by atoms with Crippen LogP contribution in [0.2, 0.25) is 5.02 Å². The number of halogens is 2. The minimum absolute atomic E-state index is 0.0756. The van der Waals surface area contributed by atoms with Gasteiger partial charge in [-0.15, -0.1) is 21.5 Å². The number of rotatable bonds is 7. The van der Waals surface area contributed by atoms with Gasteiger partial charge in [-0.3, -0.25) is 9.36 Å². The van der Waals surface area contributed by atoms with Gasteiger partial charge in [-0.1, -0.05) is 35.5 Å². The lowest BCUT2D eigenvalue weighted by Gasteiger charge is -2.10. The zero-order valence-electron chi connectivity index (χ0n) is 17.3. The highest BCUT2D eigenvalue weighted by molar-refractivity contribution is 7.99. The maximum atomic E-state index is 13.1. The Morgan fingerprint density at radius 2 is 1.94 bits per heavy atom. The molecular weight excluding hydrogens is 497 g/mol. The number of carbonyl (C=O) groups excluding carboxylic acids is 1. The van der Waals surface area contributed by atoms with E-state index >= 15 is 0 Å². The first-order valence-corrected chi connectivity index (χ1v) is 12.2. The summed E-state index contributed by atoms with van der Waals surface area (Å²) in [7, 11) is 0. The van der Waals surface area contributed by atoms with Crippen molar-refractivity contribution in [2.45, 2.75) is 5.16 Å². The van der Waals surface area contributed by atoms with Crippen LogP contribution in [0.4, 0.5) is 9.52 Å². The summed E-state index contributed by atoms with van der Waals surface area (Å²) in [5.74, 6) is 0.513. The molecule has 0 saturated heterocycles. The second-order valence-corrected chi connectivity index (χ2v) is 9.16. The molecule has 0 fully saturated rings. The van der Waals surface area contributed by atoms with E-state index in [0.717, 1.165) is 5.56 Å². The fourth-order valence-corrected chi connectivity index (χ4v) is 4.85. The van der Waals surface area contributed by atoms with Gasteiger partial charge in [-0.2, -0.15) is 0 Å². The minimum Gasteiger partial charge on any atom is -0.461 e. The van der Waals surface area contributed by atoms with Crippen molar-refractivity contribution in [3.8, 4) is 28.5 Å². The lowest BCUT2D eigenvalue weighted by Crippen LogP contribution is -2.14. The number of amides is 1. The van der Waals surface area contributed by atoms with Crippen LogP contribution in [0.1, 0.15) is 0 Å². The maximum Gasteiger partial charge on any atom is 0.236 e. The van der Waals surface area contributed by atoms with E-state index < -0.39 is 0 Å². The predicted octanol–water partition coefficient (Wildman–Crippen LogP) is 6.17. The molecule has 1 N–H and O–H groups in total. The largest absolute Gasteiger partial charge is 0.461 e. The number of nitrogens with zero attached hydrogens (tertiary/aromatic N) is 4. The number of thiazole rings is 1. The standard InChI is InChI=1S/C23H15ClFN5O2S2/c24-16-4-1-2-5-18(16)30-21(19-6-3-11-32-19)28-29-23(30)34-13-20(31)27-22-26-17(12-33-22)14-7-9-15(25)10-8-14/h1-12H,13H2,(H,26,27,31). The van der Waals surface area contributed by atoms with E-state index in [-0.39, 0.29) is 17.5 Å². The van der Waals surface area contributed by atoms with E-state index in [1.165, 1.54) is 35.2 Å². The van der Waals surface area contributed by atoms with Gasteiger partial charge in [0.1, 0.15) is 5.82 Å². The number of para-hydroxylation sites is 1. The minimum atomic E-state index is -0.315. The molecule has 170 valence electrons. The van der Waals surface area contributed by atoms with Crippen LogP contribution in [0.5, 0.6) is 0 Å². The molecule has 0 aliphatic carbocycles. The molecule has 0 unspecified atom stereocenters. The van der Waals surface area contributed by atoms with Gasteiger partial charge in [0.2, 0.25) is 11.7 Å². The van der Waals surface area contributed by atoms with Crippen LogP contribution in [-0.4, -0.2) is 31.4 Å². The molecule has 0 saturated carbocycles. The third-order valence-electron chi connectivity index (χ3n) is 4.69. The smallest absolute Gasteiger partial charge is 0.236 e. The van der Waals surface area contributed by atoms with Gasteiger partial charge in [0.25, 0.3) is 0 Å². The summed E-state index contributed by atoms with van der Waals surface area (Å²) in [6.45, 7) is 0. The van der Waals surface area contributed by atoms with E-state index in [1.807, 2.05) is 18.2 Å². The third-order valence-corrected chi connectivity index (χ3v) is 6.70. The van der Waals surface area contributed by atoms with Gasteiger partial charge in [0.15, 0.2) is 16.0 Å². The Bertz CT molecular complexity index is 1430. The maximum absolute atomic E-state index is 13.1. The van der Waals surface area contributed by atoms with E-state index in [1.54, 1.807) is 46.5 Å². The predicted molar refractivity (Wildman–Crippen MR) is 131 cm³/mol. The number of anilines is 1. The van der Waals surface area contributed by atoms with Gasteiger partial charge in [-0.25, -0.2) is 9.37 Å². The highest BCUT2D eigenvalue weighted by Gasteiger charge is 2.20. The first kappa shape index (κ1) is 22.3. The lowest BCUT2D eigenvalue weighted by atomic mass is 10.2. The number of hydrogen-bond donors (Lipinski definition) is 1. The van der Waals surface area contributed by atoms with Crippen molar-refractivity contribution in [2.24, 2.45) is 0 Å². The molecule has 0 aliphatic rings. The Hall–Kier alpha value is -3.47. The molecule has 0 aliphatic heterocycles. The van der Waals surface area contributed by atoms with Gasteiger partial charge >= 0.3 is 0 Å². The number of hydrogen-bond acceptors (Lipinski definition) is 7. The fraction of sp³-hybridized carbons (Fsp3) is 0.0435. The van der Waals surface area contributed by atoms with E-state index in [0.29, 0.717) is 38.3 Å². The molecule has 11 heteroatoms. The van der Waals surface area contributed by atoms with Crippen molar-refractivity contribution in [3.63, 3.8) is 0 Å². The highest BCUT2D eigenvalue weighted by atomic mass is 35.5. The number of aromatic nitrogens is 4. The molecule has 3 heterocycles. The molecule has 3 aromatic heterocycles. The molecule has 1 amide bonds. The van der Waals surface area contributed by atoms with Crippen molar-refractivity contribution in [1.82, 2.24) is 19.7 Å². The quantitative estimate of drug-likeness (QED) is 0.263. The Morgan fingerprint density at radius 3 is 2.71 bits per heavy atom. The van der Waals surface area contributed by atoms with Gasteiger partial charge in [0, 0.05) is 10.9 Å². The SMILES string of the molecule is O=C(CSc1nnc(-c2ccco2)n1-c1ccccc1Cl)Nc1nc(-c2ccc(F)cc2)cs1. The summed E-state index contributed by atoms with van der Waals surface area (Å²) in [6.07, 6.45) is 1.55. The lowest BCUT2D eigenvalue weighted by molar-refractivity contribution is -0.113. The third kappa shape index (κ3) is 4.74. The molecule has 34 heavy (non-hydrogen) atoms. The molecule has 2 aromatic carbocycles. The Labute approximate surface area is 206 Å². The van der Waals surface area contributed by atoms with Gasteiger partial charge in [-0.05, 0) is 48.5 Å². The molecule has 0 atom stereocenters. The van der Waals surface area contributed by atoms with Crippen molar-refractivity contribution in [3.05, 3.63) is 83.1 Å². The number of thioether (sulfide) groups is 1. The van der Waals surface area contributed by atoms with Crippen molar-refractivity contribution in [2.75, 3.05) is 11.1 Å². The number of furan rings is 1. The van der Waals surface area contributed by atoms with Crippen LogP contribution in [0.3, 0.4) is 0 Å². The zero-order valence-corrected chi connectivity index (χ0v) is 19.7. The number of nitrogens with one attached hydrogen (secondary N) is 1. The summed E-state index contributed by atoms with van der Waals surface area (Å²) in [5, 5.41) is 14.6. The van der Waals surface area contributed by atoms with Crippen molar-refractivity contribution >= 4 is 45.7 Å². The molecular formula is C23H15ClFN5O2S2. The molecule has 0 spiro atoms. The normalized spacial score (nSPS) is 11.0. The van der Waals surface area contributed by atoms with Gasteiger partial charge in [0.05, 0.1) is 28.4 Å². The molecule has 7 nitrogen and oxygen atoms in total. The monoisotopic (exact) mass is 511 g/mol. The summed E-state index contributed by atoms with van der Waals surface area (Å²) in [4.78, 5) is 17.0. The van der Waals surface area contributed by atoms with Crippen LogP contribution in [0.25, 0.3) is 28.5 Å². The second-order valence-electron chi connectivity index (χ2n) is 6.95. The number of carbonyl (C=O) groups is 1. The molecule has 5 rings (SSSR count). The van der Waals surface area contributed by atoms with Crippen molar-refractivity contribution in [1.29, 1.82) is 0 Å². The van der Waals surface area contributed by atoms with Crippen LogP contribution in [0, 0.1) is 5.82 Å². The van der Waals surface area contributed by atoms with Crippen molar-refractivity contribution < 1.29 is 13.6 Å². The topological polar surface area (TPSA) is 85.8 Å².